The summed E-state index contributed by atoms with van der Waals surface area (Å²) in [5.41, 5.74) is 2.29. The lowest BCUT2D eigenvalue weighted by atomic mass is 9.96. The molecule has 0 radical (unpaired) electrons. The maximum atomic E-state index is 12.3. The fourth-order valence-corrected chi connectivity index (χ4v) is 3.56. The van der Waals surface area contributed by atoms with E-state index in [1.54, 1.807) is 6.07 Å². The second-order valence-corrected chi connectivity index (χ2v) is 6.85. The topological polar surface area (TPSA) is 104 Å². The van der Waals surface area contributed by atoms with E-state index in [9.17, 15) is 14.9 Å². The fourth-order valence-electron chi connectivity index (χ4n) is 3.56. The summed E-state index contributed by atoms with van der Waals surface area (Å²) in [6, 6.07) is 9.53. The summed E-state index contributed by atoms with van der Waals surface area (Å²) >= 11 is 0. The van der Waals surface area contributed by atoms with Crippen LogP contribution in [0, 0.1) is 10.1 Å². The number of fused-ring (bicyclic) bond motifs is 3. The van der Waals surface area contributed by atoms with Gasteiger partial charge in [-0.15, -0.1) is 0 Å². The van der Waals surface area contributed by atoms with Crippen LogP contribution in [0.5, 0.6) is 11.5 Å². The molecule has 0 unspecified atom stereocenters. The molecule has 0 saturated carbocycles. The van der Waals surface area contributed by atoms with Crippen molar-refractivity contribution in [1.29, 1.82) is 0 Å². The number of carbonyl (C=O) groups is 1. The largest absolute Gasteiger partial charge is 0.494 e. The normalized spacial score (nSPS) is 13.0. The minimum absolute atomic E-state index is 0.118. The van der Waals surface area contributed by atoms with Crippen molar-refractivity contribution in [3.8, 4) is 11.5 Å². The van der Waals surface area contributed by atoms with Gasteiger partial charge in [0.15, 0.2) is 6.61 Å². The van der Waals surface area contributed by atoms with Crippen molar-refractivity contribution in [2.75, 3.05) is 19.0 Å². The van der Waals surface area contributed by atoms with Crippen molar-refractivity contribution in [3.63, 3.8) is 0 Å². The molecule has 0 atom stereocenters. The monoisotopic (exact) mass is 396 g/mol. The third-order valence-electron chi connectivity index (χ3n) is 4.97. The lowest BCUT2D eigenvalue weighted by Crippen LogP contribution is -2.20. The Morgan fingerprint density at radius 2 is 2.03 bits per heavy atom. The molecule has 1 N–H and O–H groups in total. The van der Waals surface area contributed by atoms with E-state index in [4.69, 9.17) is 13.9 Å². The van der Waals surface area contributed by atoms with E-state index >= 15 is 0 Å². The zero-order chi connectivity index (χ0) is 20.4. The molecule has 8 nitrogen and oxygen atoms in total. The SMILES string of the molecule is COc1cc([N+](=O)[O-])ccc1NC(=O)COc1ccc2oc3c(c2c1)CCCC3. The number of nitro groups is 1. The minimum Gasteiger partial charge on any atom is -0.494 e. The number of anilines is 1. The van der Waals surface area contributed by atoms with Crippen LogP contribution in [0.25, 0.3) is 11.0 Å². The highest BCUT2D eigenvalue weighted by Crippen LogP contribution is 2.34. The first-order valence-electron chi connectivity index (χ1n) is 9.34. The molecule has 0 bridgehead atoms. The van der Waals surface area contributed by atoms with Gasteiger partial charge < -0.3 is 19.2 Å². The lowest BCUT2D eigenvalue weighted by Gasteiger charge is -2.11. The van der Waals surface area contributed by atoms with E-state index in [0.29, 0.717) is 11.4 Å². The molecule has 29 heavy (non-hydrogen) atoms. The first-order valence-corrected chi connectivity index (χ1v) is 9.34. The molecule has 8 heteroatoms. The Hall–Kier alpha value is -3.55. The van der Waals surface area contributed by atoms with Crippen LogP contribution in [-0.4, -0.2) is 24.5 Å². The highest BCUT2D eigenvalue weighted by Gasteiger charge is 2.18. The number of rotatable bonds is 6. The van der Waals surface area contributed by atoms with Crippen molar-refractivity contribution in [3.05, 3.63) is 57.8 Å². The van der Waals surface area contributed by atoms with Crippen LogP contribution < -0.4 is 14.8 Å². The van der Waals surface area contributed by atoms with Gasteiger partial charge in [-0.25, -0.2) is 0 Å². The molecule has 3 aromatic rings. The van der Waals surface area contributed by atoms with Crippen molar-refractivity contribution < 1.29 is 23.6 Å². The molecule has 2 aromatic carbocycles. The first-order chi connectivity index (χ1) is 14.0. The maximum absolute atomic E-state index is 12.3. The fraction of sp³-hybridized carbons (Fsp3) is 0.286. The van der Waals surface area contributed by atoms with E-state index in [-0.39, 0.29) is 18.0 Å². The third kappa shape index (κ3) is 3.87. The summed E-state index contributed by atoms with van der Waals surface area (Å²) in [5, 5.41) is 14.5. The van der Waals surface area contributed by atoms with Gasteiger partial charge in [-0.3, -0.25) is 14.9 Å². The van der Waals surface area contributed by atoms with Gasteiger partial charge in [0.1, 0.15) is 22.8 Å². The van der Waals surface area contributed by atoms with Gasteiger partial charge in [0.25, 0.3) is 11.6 Å². The maximum Gasteiger partial charge on any atom is 0.273 e. The minimum atomic E-state index is -0.526. The number of nitrogens with zero attached hydrogens (tertiary/aromatic N) is 1. The average molecular weight is 396 g/mol. The molecule has 0 aliphatic heterocycles. The number of amides is 1. The van der Waals surface area contributed by atoms with Crippen LogP contribution in [0.2, 0.25) is 0 Å². The van der Waals surface area contributed by atoms with Gasteiger partial charge >= 0.3 is 0 Å². The average Bonchev–Trinajstić information content (AvgIpc) is 3.10. The van der Waals surface area contributed by atoms with E-state index in [1.807, 2.05) is 12.1 Å². The summed E-state index contributed by atoms with van der Waals surface area (Å²) < 4.78 is 16.7. The smallest absolute Gasteiger partial charge is 0.273 e. The quantitative estimate of drug-likeness (QED) is 0.493. The zero-order valence-corrected chi connectivity index (χ0v) is 15.9. The molecule has 1 aliphatic rings. The molecule has 1 heterocycles. The van der Waals surface area contributed by atoms with Gasteiger partial charge in [0, 0.05) is 23.4 Å². The summed E-state index contributed by atoms with van der Waals surface area (Å²) in [5.74, 6) is 1.44. The Morgan fingerprint density at radius 3 is 2.83 bits per heavy atom. The van der Waals surface area contributed by atoms with Crippen LogP contribution in [0.1, 0.15) is 24.2 Å². The molecule has 1 amide bonds. The number of nitrogens with one attached hydrogen (secondary N) is 1. The van der Waals surface area contributed by atoms with Crippen LogP contribution in [0.15, 0.2) is 40.8 Å². The van der Waals surface area contributed by atoms with E-state index < -0.39 is 10.8 Å². The summed E-state index contributed by atoms with van der Waals surface area (Å²) in [6.07, 6.45) is 4.24. The number of methoxy groups -OCH3 is 1. The van der Waals surface area contributed by atoms with Crippen LogP contribution in [0.3, 0.4) is 0 Å². The van der Waals surface area contributed by atoms with E-state index in [1.165, 1.54) is 30.9 Å². The third-order valence-corrected chi connectivity index (χ3v) is 4.97. The summed E-state index contributed by atoms with van der Waals surface area (Å²) in [6.45, 7) is -0.203. The number of ether oxygens (including phenoxy) is 2. The Labute approximate surface area is 166 Å². The van der Waals surface area contributed by atoms with Gasteiger partial charge in [-0.1, -0.05) is 0 Å². The molecule has 0 spiro atoms. The first kappa shape index (κ1) is 18.8. The standard InChI is InChI=1S/C21H20N2O6/c1-27-20-10-13(23(25)26)6-8-17(20)22-21(24)12-28-14-7-9-19-16(11-14)15-4-2-3-5-18(15)29-19/h6-11H,2-5,12H2,1H3,(H,22,24). The molecule has 150 valence electrons. The summed E-state index contributed by atoms with van der Waals surface area (Å²) in [4.78, 5) is 22.6. The van der Waals surface area contributed by atoms with E-state index in [2.05, 4.69) is 5.32 Å². The molecule has 1 aliphatic carbocycles. The highest BCUT2D eigenvalue weighted by molar-refractivity contribution is 5.93. The number of aryl methyl sites for hydroxylation is 2. The molecular formula is C21H20N2O6. The predicted molar refractivity (Wildman–Crippen MR) is 107 cm³/mol. The molecule has 4 rings (SSSR count). The van der Waals surface area contributed by atoms with Crippen molar-refractivity contribution in [2.45, 2.75) is 25.7 Å². The van der Waals surface area contributed by atoms with Crippen LogP contribution >= 0.6 is 0 Å². The lowest BCUT2D eigenvalue weighted by molar-refractivity contribution is -0.384. The number of hydrogen-bond donors (Lipinski definition) is 1. The Kier molecular flexibility index (Phi) is 5.07. The second-order valence-electron chi connectivity index (χ2n) is 6.85. The predicted octanol–water partition coefficient (Wildman–Crippen LogP) is 4.25. The van der Waals surface area contributed by atoms with Crippen molar-refractivity contribution in [2.24, 2.45) is 0 Å². The zero-order valence-electron chi connectivity index (χ0n) is 15.9. The molecule has 0 fully saturated rings. The summed E-state index contributed by atoms with van der Waals surface area (Å²) in [7, 11) is 1.38. The van der Waals surface area contributed by atoms with Gasteiger partial charge in [-0.2, -0.15) is 0 Å². The number of carbonyl (C=O) groups excluding carboxylic acids is 1. The number of furan rings is 1. The number of benzene rings is 2. The number of nitro benzene ring substituents is 1. The van der Waals surface area contributed by atoms with Gasteiger partial charge in [-0.05, 0) is 43.5 Å². The van der Waals surface area contributed by atoms with Crippen molar-refractivity contribution >= 4 is 28.3 Å². The van der Waals surface area contributed by atoms with E-state index in [0.717, 1.165) is 42.4 Å². The van der Waals surface area contributed by atoms with Crippen LogP contribution in [-0.2, 0) is 17.6 Å². The molecular weight excluding hydrogens is 376 g/mol. The molecule has 1 aromatic heterocycles. The van der Waals surface area contributed by atoms with Crippen LogP contribution in [0.4, 0.5) is 11.4 Å². The Morgan fingerprint density at radius 1 is 1.21 bits per heavy atom. The van der Waals surface area contributed by atoms with Gasteiger partial charge in [0.2, 0.25) is 0 Å². The second kappa shape index (κ2) is 7.83. The Balaban J connectivity index is 1.44. The number of non-ortho nitro benzene ring substituents is 1. The van der Waals surface area contributed by atoms with Gasteiger partial charge in [0.05, 0.1) is 23.8 Å². The molecule has 0 saturated heterocycles. The Bertz CT molecular complexity index is 1090. The van der Waals surface area contributed by atoms with Crippen molar-refractivity contribution in [1.82, 2.24) is 0 Å². The number of hydrogen-bond acceptors (Lipinski definition) is 6. The highest BCUT2D eigenvalue weighted by atomic mass is 16.6.